The van der Waals surface area contributed by atoms with E-state index < -0.39 is 15.1 Å². The van der Waals surface area contributed by atoms with Crippen LogP contribution in [0.4, 0.5) is 0 Å². The van der Waals surface area contributed by atoms with Gasteiger partial charge in [0.15, 0.2) is 12.6 Å². The minimum absolute atomic E-state index is 0.498. The standard InChI is InChI=1S/C26H33N3OP2/c30-32(23-17-9-3-10-18-23,24-19-11-4-12-20-24)26-25(27-29-28-26)31(21-13-5-1-6-14-21)22-15-7-2-8-16-22/h3-4,9-12,17-22H,1-2,5-8,13-16H2,(H,27,28,29). The Labute approximate surface area is 192 Å². The predicted molar refractivity (Wildman–Crippen MR) is 136 cm³/mol. The normalized spacial score (nSPS) is 18.8. The minimum Gasteiger partial charge on any atom is -0.307 e. The van der Waals surface area contributed by atoms with Crippen molar-refractivity contribution < 1.29 is 4.57 Å². The van der Waals surface area contributed by atoms with E-state index in [4.69, 9.17) is 5.10 Å². The third-order valence-electron chi connectivity index (χ3n) is 7.23. The summed E-state index contributed by atoms with van der Waals surface area (Å²) in [6, 6.07) is 19.9. The summed E-state index contributed by atoms with van der Waals surface area (Å²) in [5.74, 6) is 0. The van der Waals surface area contributed by atoms with Gasteiger partial charge >= 0.3 is 0 Å². The highest BCUT2D eigenvalue weighted by atomic mass is 31.2. The molecular formula is C26H33N3OP2. The van der Waals surface area contributed by atoms with E-state index in [9.17, 15) is 0 Å². The largest absolute Gasteiger partial charge is 0.307 e. The average molecular weight is 466 g/mol. The molecule has 0 bridgehead atoms. The molecule has 32 heavy (non-hydrogen) atoms. The van der Waals surface area contributed by atoms with Crippen molar-refractivity contribution in [3.63, 3.8) is 0 Å². The molecule has 1 aromatic heterocycles. The molecule has 0 atom stereocenters. The molecule has 168 valence electrons. The van der Waals surface area contributed by atoms with Crippen LogP contribution in [0.1, 0.15) is 64.2 Å². The topological polar surface area (TPSA) is 58.6 Å². The zero-order valence-electron chi connectivity index (χ0n) is 18.7. The van der Waals surface area contributed by atoms with Crippen molar-refractivity contribution in [3.05, 3.63) is 60.7 Å². The molecule has 2 aliphatic carbocycles. The summed E-state index contributed by atoms with van der Waals surface area (Å²) in [6.07, 6.45) is 13.1. The van der Waals surface area contributed by atoms with Gasteiger partial charge in [-0.25, -0.2) is 0 Å². The molecule has 0 aliphatic heterocycles. The Bertz CT molecular complexity index is 980. The Hall–Kier alpha value is -1.76. The number of aromatic nitrogens is 3. The highest BCUT2D eigenvalue weighted by molar-refractivity contribution is 7.86. The van der Waals surface area contributed by atoms with Crippen molar-refractivity contribution in [3.8, 4) is 0 Å². The molecular weight excluding hydrogens is 432 g/mol. The third kappa shape index (κ3) is 4.25. The van der Waals surface area contributed by atoms with Crippen LogP contribution in [0.5, 0.6) is 0 Å². The lowest BCUT2D eigenvalue weighted by Crippen LogP contribution is -2.38. The van der Waals surface area contributed by atoms with Gasteiger partial charge < -0.3 is 4.57 Å². The smallest absolute Gasteiger partial charge is 0.192 e. The zero-order valence-corrected chi connectivity index (χ0v) is 20.5. The van der Waals surface area contributed by atoms with Crippen LogP contribution in [0.3, 0.4) is 0 Å². The lowest BCUT2D eigenvalue weighted by molar-refractivity contribution is 0.486. The number of aromatic amines is 1. The second kappa shape index (κ2) is 10.0. The fourth-order valence-electron chi connectivity index (χ4n) is 5.64. The molecule has 1 N–H and O–H groups in total. The number of hydrogen-bond acceptors (Lipinski definition) is 3. The molecule has 0 radical (unpaired) electrons. The van der Waals surface area contributed by atoms with Gasteiger partial charge in [0, 0.05) is 10.6 Å². The van der Waals surface area contributed by atoms with Crippen molar-refractivity contribution in [1.29, 1.82) is 0 Å². The van der Waals surface area contributed by atoms with E-state index in [0.29, 0.717) is 11.3 Å². The molecule has 0 amide bonds. The summed E-state index contributed by atoms with van der Waals surface area (Å²) >= 11 is 0. The van der Waals surface area contributed by atoms with Crippen LogP contribution < -0.4 is 21.5 Å². The van der Waals surface area contributed by atoms with E-state index in [-0.39, 0.29) is 0 Å². The number of nitrogens with one attached hydrogen (secondary N) is 1. The van der Waals surface area contributed by atoms with Crippen LogP contribution in [0.25, 0.3) is 0 Å². The van der Waals surface area contributed by atoms with E-state index in [1.54, 1.807) is 0 Å². The molecule has 3 aromatic rings. The molecule has 4 nitrogen and oxygen atoms in total. The summed E-state index contributed by atoms with van der Waals surface area (Å²) in [5, 5.41) is 14.1. The molecule has 1 heterocycles. The van der Waals surface area contributed by atoms with Crippen molar-refractivity contribution >= 4 is 36.5 Å². The molecule has 5 rings (SSSR count). The van der Waals surface area contributed by atoms with E-state index in [1.165, 1.54) is 64.2 Å². The van der Waals surface area contributed by atoms with Crippen molar-refractivity contribution in [2.24, 2.45) is 0 Å². The summed E-state index contributed by atoms with van der Waals surface area (Å²) in [7, 11) is -3.61. The fourth-order valence-corrected chi connectivity index (χ4v) is 12.5. The molecule has 6 heteroatoms. The number of hydrogen-bond donors (Lipinski definition) is 1. The van der Waals surface area contributed by atoms with Crippen LogP contribution in [0.2, 0.25) is 0 Å². The van der Waals surface area contributed by atoms with E-state index in [1.807, 2.05) is 60.7 Å². The SMILES string of the molecule is O=P(c1ccccc1)(c1ccccc1)c1n[nH]nc1P(C1CCCCC1)C1CCCCC1. The zero-order chi connectivity index (χ0) is 21.8. The second-order valence-electron chi connectivity index (χ2n) is 9.24. The summed E-state index contributed by atoms with van der Waals surface area (Å²) in [4.78, 5) is 0. The molecule has 2 saturated carbocycles. The monoisotopic (exact) mass is 465 g/mol. The second-order valence-corrected chi connectivity index (χ2v) is 14.6. The predicted octanol–water partition coefficient (Wildman–Crippen LogP) is 5.22. The molecule has 0 saturated heterocycles. The Morgan fingerprint density at radius 2 is 1.16 bits per heavy atom. The van der Waals surface area contributed by atoms with Gasteiger partial charge in [0.25, 0.3) is 0 Å². The summed E-state index contributed by atoms with van der Waals surface area (Å²) in [5.41, 5.74) is 3.14. The maximum absolute atomic E-state index is 15.1. The van der Waals surface area contributed by atoms with E-state index in [2.05, 4.69) is 10.3 Å². The van der Waals surface area contributed by atoms with Crippen molar-refractivity contribution in [1.82, 2.24) is 15.4 Å². The summed E-state index contributed by atoms with van der Waals surface area (Å²) < 4.78 is 15.1. The van der Waals surface area contributed by atoms with Gasteiger partial charge in [0.1, 0.15) is 5.44 Å². The average Bonchev–Trinajstić information content (AvgIpc) is 3.36. The van der Waals surface area contributed by atoms with Gasteiger partial charge in [-0.15, -0.1) is 0 Å². The van der Waals surface area contributed by atoms with Crippen molar-refractivity contribution in [2.75, 3.05) is 0 Å². The molecule has 2 aromatic carbocycles. The number of rotatable bonds is 6. The van der Waals surface area contributed by atoms with Crippen LogP contribution in [-0.2, 0) is 4.57 Å². The summed E-state index contributed by atoms with van der Waals surface area (Å²) in [6.45, 7) is 0. The lowest BCUT2D eigenvalue weighted by Gasteiger charge is -2.38. The maximum atomic E-state index is 15.1. The van der Waals surface area contributed by atoms with Crippen LogP contribution >= 0.6 is 15.1 Å². The van der Waals surface area contributed by atoms with Gasteiger partial charge in [-0.2, -0.15) is 15.4 Å². The first-order valence-electron chi connectivity index (χ1n) is 12.2. The number of nitrogens with zero attached hydrogens (tertiary/aromatic N) is 2. The highest BCUT2D eigenvalue weighted by Gasteiger charge is 2.41. The van der Waals surface area contributed by atoms with Gasteiger partial charge in [-0.3, -0.25) is 0 Å². The van der Waals surface area contributed by atoms with Gasteiger partial charge in [-0.05, 0) is 44.9 Å². The minimum atomic E-state index is -3.11. The maximum Gasteiger partial charge on any atom is 0.192 e. The van der Waals surface area contributed by atoms with Crippen molar-refractivity contribution in [2.45, 2.75) is 75.5 Å². The first-order chi connectivity index (χ1) is 15.8. The lowest BCUT2D eigenvalue weighted by atomic mass is 9.99. The fraction of sp³-hybridized carbons (Fsp3) is 0.462. The molecule has 2 aliphatic rings. The third-order valence-corrected chi connectivity index (χ3v) is 13.8. The molecule has 2 fully saturated rings. The molecule has 0 unspecified atom stereocenters. The van der Waals surface area contributed by atoms with Crippen LogP contribution in [0.15, 0.2) is 60.7 Å². The van der Waals surface area contributed by atoms with Crippen LogP contribution in [-0.4, -0.2) is 26.7 Å². The quantitative estimate of drug-likeness (QED) is 0.508. The molecule has 0 spiro atoms. The van der Waals surface area contributed by atoms with Gasteiger partial charge in [0.2, 0.25) is 0 Å². The van der Waals surface area contributed by atoms with Crippen LogP contribution in [0, 0.1) is 0 Å². The Morgan fingerprint density at radius 1 is 0.688 bits per heavy atom. The first-order valence-corrected chi connectivity index (χ1v) is 15.4. The van der Waals surface area contributed by atoms with E-state index in [0.717, 1.165) is 21.5 Å². The number of benzene rings is 2. The Kier molecular flexibility index (Phi) is 6.91. The van der Waals surface area contributed by atoms with Gasteiger partial charge in [0.05, 0.1) is 0 Å². The Balaban J connectivity index is 1.65. The van der Waals surface area contributed by atoms with E-state index >= 15 is 4.57 Å². The first kappa shape index (κ1) is 22.1. The number of H-pyrrole nitrogens is 1. The highest BCUT2D eigenvalue weighted by Crippen LogP contribution is 2.55. The Morgan fingerprint density at radius 3 is 1.62 bits per heavy atom. The van der Waals surface area contributed by atoms with Gasteiger partial charge in [-0.1, -0.05) is 99.2 Å².